The molecule has 0 aromatic carbocycles. The van der Waals surface area contributed by atoms with E-state index in [1.54, 1.807) is 0 Å². The molecule has 94 valence electrons. The van der Waals surface area contributed by atoms with Crippen molar-refractivity contribution in [1.82, 2.24) is 9.97 Å². The highest BCUT2D eigenvalue weighted by atomic mass is 16.3. The van der Waals surface area contributed by atoms with Crippen molar-refractivity contribution in [3.63, 3.8) is 0 Å². The molecule has 1 N–H and O–H groups in total. The van der Waals surface area contributed by atoms with Gasteiger partial charge in [-0.1, -0.05) is 13.8 Å². The van der Waals surface area contributed by atoms with Crippen molar-refractivity contribution < 1.29 is 5.11 Å². The summed E-state index contributed by atoms with van der Waals surface area (Å²) < 4.78 is 0. The molecule has 0 aliphatic carbocycles. The van der Waals surface area contributed by atoms with Crippen molar-refractivity contribution in [3.8, 4) is 0 Å². The van der Waals surface area contributed by atoms with Gasteiger partial charge in [-0.15, -0.1) is 0 Å². The van der Waals surface area contributed by atoms with Crippen LogP contribution in [0.5, 0.6) is 0 Å². The Balaban J connectivity index is 2.25. The standard InChI is InChI=1S/C13H21N3O/c1-5-11-9(2)6-14-12(15-11)16-7-10(3)13(4,17)8-16/h6,10,17H,5,7-8H2,1-4H3/t10-,13+/m1/s1. The van der Waals surface area contributed by atoms with Crippen molar-refractivity contribution in [2.45, 2.75) is 39.7 Å². The molecule has 0 spiro atoms. The first-order valence-corrected chi connectivity index (χ1v) is 6.24. The van der Waals surface area contributed by atoms with Crippen molar-refractivity contribution in [3.05, 3.63) is 17.5 Å². The summed E-state index contributed by atoms with van der Waals surface area (Å²) in [4.78, 5) is 11.0. The number of hydrogen-bond acceptors (Lipinski definition) is 4. The van der Waals surface area contributed by atoms with Crippen molar-refractivity contribution >= 4 is 5.95 Å². The van der Waals surface area contributed by atoms with Crippen LogP contribution in [0, 0.1) is 12.8 Å². The van der Waals surface area contributed by atoms with Crippen LogP contribution in [0.3, 0.4) is 0 Å². The summed E-state index contributed by atoms with van der Waals surface area (Å²) >= 11 is 0. The molecule has 2 rings (SSSR count). The largest absolute Gasteiger partial charge is 0.388 e. The molecule has 4 nitrogen and oxygen atoms in total. The molecule has 1 aromatic rings. The van der Waals surface area contributed by atoms with Gasteiger partial charge < -0.3 is 10.0 Å². The summed E-state index contributed by atoms with van der Waals surface area (Å²) in [6.07, 6.45) is 2.79. The smallest absolute Gasteiger partial charge is 0.225 e. The molecule has 0 radical (unpaired) electrons. The Hall–Kier alpha value is -1.16. The lowest BCUT2D eigenvalue weighted by molar-refractivity contribution is 0.0443. The van der Waals surface area contributed by atoms with Gasteiger partial charge in [0.05, 0.1) is 5.60 Å². The molecule has 1 aliphatic rings. The maximum absolute atomic E-state index is 10.2. The third kappa shape index (κ3) is 2.27. The Labute approximate surface area is 103 Å². The lowest BCUT2D eigenvalue weighted by Gasteiger charge is -2.20. The minimum Gasteiger partial charge on any atom is -0.388 e. The molecule has 4 heteroatoms. The van der Waals surface area contributed by atoms with E-state index in [0.717, 1.165) is 30.2 Å². The van der Waals surface area contributed by atoms with E-state index in [1.807, 2.05) is 20.0 Å². The van der Waals surface area contributed by atoms with Gasteiger partial charge in [-0.05, 0) is 25.8 Å². The Kier molecular flexibility index (Phi) is 3.08. The molecule has 2 heterocycles. The number of aromatic nitrogens is 2. The fourth-order valence-electron chi connectivity index (χ4n) is 2.26. The van der Waals surface area contributed by atoms with Crippen molar-refractivity contribution in [2.75, 3.05) is 18.0 Å². The number of β-amino-alcohol motifs (C(OH)–C–C–N with tert-alkyl or cyclic N) is 1. The zero-order valence-corrected chi connectivity index (χ0v) is 11.1. The Morgan fingerprint density at radius 1 is 1.59 bits per heavy atom. The van der Waals surface area contributed by atoms with E-state index in [1.165, 1.54) is 0 Å². The average Bonchev–Trinajstić information content (AvgIpc) is 2.54. The number of nitrogens with zero attached hydrogens (tertiary/aromatic N) is 3. The van der Waals surface area contributed by atoms with Crippen molar-refractivity contribution in [2.24, 2.45) is 5.92 Å². The van der Waals surface area contributed by atoms with E-state index in [2.05, 4.69) is 28.7 Å². The predicted molar refractivity (Wildman–Crippen MR) is 68.1 cm³/mol. The molecular weight excluding hydrogens is 214 g/mol. The van der Waals surface area contributed by atoms with E-state index in [0.29, 0.717) is 6.54 Å². The summed E-state index contributed by atoms with van der Waals surface area (Å²) in [5, 5.41) is 10.2. The predicted octanol–water partition coefficient (Wildman–Crippen LogP) is 1.55. The molecule has 0 unspecified atom stereocenters. The summed E-state index contributed by atoms with van der Waals surface area (Å²) in [5.74, 6) is 0.995. The summed E-state index contributed by atoms with van der Waals surface area (Å²) in [5.41, 5.74) is 1.59. The molecule has 17 heavy (non-hydrogen) atoms. The maximum Gasteiger partial charge on any atom is 0.225 e. The SMILES string of the molecule is CCc1nc(N2C[C@@H](C)[C@@](C)(O)C2)ncc1C. The van der Waals surface area contributed by atoms with Crippen LogP contribution in [0.1, 0.15) is 32.0 Å². The van der Waals surface area contributed by atoms with Gasteiger partial charge in [0.2, 0.25) is 5.95 Å². The second kappa shape index (κ2) is 4.26. The van der Waals surface area contributed by atoms with Gasteiger partial charge in [0, 0.05) is 30.9 Å². The van der Waals surface area contributed by atoms with Crippen LogP contribution < -0.4 is 4.90 Å². The number of aryl methyl sites for hydroxylation is 2. The zero-order valence-electron chi connectivity index (χ0n) is 11.1. The molecule has 0 amide bonds. The molecule has 1 fully saturated rings. The minimum atomic E-state index is -0.638. The third-order valence-electron chi connectivity index (χ3n) is 3.75. The summed E-state index contributed by atoms with van der Waals surface area (Å²) in [6.45, 7) is 9.51. The van der Waals surface area contributed by atoms with E-state index in [9.17, 15) is 5.11 Å². The van der Waals surface area contributed by atoms with Gasteiger partial charge in [-0.2, -0.15) is 0 Å². The van der Waals surface area contributed by atoms with Crippen LogP contribution in [0.25, 0.3) is 0 Å². The number of hydrogen-bond donors (Lipinski definition) is 1. The van der Waals surface area contributed by atoms with Crippen LogP contribution in [0.2, 0.25) is 0 Å². The molecule has 0 bridgehead atoms. The summed E-state index contributed by atoms with van der Waals surface area (Å²) in [7, 11) is 0. The lowest BCUT2D eigenvalue weighted by atomic mass is 9.95. The summed E-state index contributed by atoms with van der Waals surface area (Å²) in [6, 6.07) is 0. The molecule has 1 saturated heterocycles. The Morgan fingerprint density at radius 2 is 2.29 bits per heavy atom. The van der Waals surface area contributed by atoms with Gasteiger partial charge >= 0.3 is 0 Å². The fraction of sp³-hybridized carbons (Fsp3) is 0.692. The van der Waals surface area contributed by atoms with E-state index < -0.39 is 5.60 Å². The minimum absolute atomic E-state index is 0.248. The molecule has 0 saturated carbocycles. The van der Waals surface area contributed by atoms with Gasteiger partial charge in [-0.25, -0.2) is 9.97 Å². The van der Waals surface area contributed by atoms with Gasteiger partial charge in [0.15, 0.2) is 0 Å². The topological polar surface area (TPSA) is 49.2 Å². The Bertz CT molecular complexity index is 417. The number of rotatable bonds is 2. The van der Waals surface area contributed by atoms with Crippen LogP contribution in [0.4, 0.5) is 5.95 Å². The van der Waals surface area contributed by atoms with E-state index in [-0.39, 0.29) is 5.92 Å². The van der Waals surface area contributed by atoms with Crippen LogP contribution in [-0.2, 0) is 6.42 Å². The highest BCUT2D eigenvalue weighted by Crippen LogP contribution is 2.29. The normalized spacial score (nSPS) is 28.8. The molecule has 1 aliphatic heterocycles. The highest BCUT2D eigenvalue weighted by Gasteiger charge is 2.39. The maximum atomic E-state index is 10.2. The highest BCUT2D eigenvalue weighted by molar-refractivity contribution is 5.36. The van der Waals surface area contributed by atoms with Crippen molar-refractivity contribution in [1.29, 1.82) is 0 Å². The number of aliphatic hydroxyl groups is 1. The van der Waals surface area contributed by atoms with Crippen LogP contribution >= 0.6 is 0 Å². The Morgan fingerprint density at radius 3 is 2.82 bits per heavy atom. The molecular formula is C13H21N3O. The van der Waals surface area contributed by atoms with Gasteiger partial charge in [0.1, 0.15) is 0 Å². The van der Waals surface area contributed by atoms with Crippen LogP contribution in [-0.4, -0.2) is 33.8 Å². The first kappa shape index (κ1) is 12.3. The van der Waals surface area contributed by atoms with E-state index >= 15 is 0 Å². The quantitative estimate of drug-likeness (QED) is 0.845. The molecule has 2 atom stereocenters. The fourth-order valence-corrected chi connectivity index (χ4v) is 2.26. The van der Waals surface area contributed by atoms with Gasteiger partial charge in [0.25, 0.3) is 0 Å². The van der Waals surface area contributed by atoms with E-state index in [4.69, 9.17) is 0 Å². The monoisotopic (exact) mass is 235 g/mol. The van der Waals surface area contributed by atoms with Gasteiger partial charge in [-0.3, -0.25) is 0 Å². The lowest BCUT2D eigenvalue weighted by Crippen LogP contribution is -2.33. The first-order valence-electron chi connectivity index (χ1n) is 6.24. The molecule has 1 aromatic heterocycles. The zero-order chi connectivity index (χ0) is 12.6. The third-order valence-corrected chi connectivity index (χ3v) is 3.75. The second-order valence-electron chi connectivity index (χ2n) is 5.29. The van der Waals surface area contributed by atoms with Crippen LogP contribution in [0.15, 0.2) is 6.20 Å². The average molecular weight is 235 g/mol. The number of anilines is 1. The first-order chi connectivity index (χ1) is 7.94. The second-order valence-corrected chi connectivity index (χ2v) is 5.29.